The van der Waals surface area contributed by atoms with E-state index in [1.807, 2.05) is 55.6 Å². The molecule has 1 aromatic carbocycles. The third-order valence-electron chi connectivity index (χ3n) is 2.66. The van der Waals surface area contributed by atoms with Crippen molar-refractivity contribution < 1.29 is 0 Å². The molecule has 0 aliphatic carbocycles. The van der Waals surface area contributed by atoms with Crippen LogP contribution in [0, 0.1) is 6.92 Å². The first kappa shape index (κ1) is 14.3. The lowest BCUT2D eigenvalue weighted by Crippen LogP contribution is -2.22. The van der Waals surface area contributed by atoms with Crippen molar-refractivity contribution in [3.63, 3.8) is 0 Å². The second-order valence-electron chi connectivity index (χ2n) is 4.71. The highest BCUT2D eigenvalue weighted by Crippen LogP contribution is 2.18. The monoisotopic (exact) mass is 289 g/mol. The highest BCUT2D eigenvalue weighted by Gasteiger charge is 2.03. The Hall–Kier alpha value is -2.08. The van der Waals surface area contributed by atoms with E-state index in [2.05, 4.69) is 15.3 Å². The standard InChI is InChI=1S/C14H19N5S/c1-10-4-6-11(7-5-10)17-13(15)16-8-12-9-20-14(18-12)19(2)3/h4-7,9H,8H2,1-3H3,(H3,15,16,17). The Labute approximate surface area is 123 Å². The van der Waals surface area contributed by atoms with E-state index in [0.29, 0.717) is 12.5 Å². The number of thiazole rings is 1. The Morgan fingerprint density at radius 1 is 1.35 bits per heavy atom. The zero-order valence-electron chi connectivity index (χ0n) is 11.9. The summed E-state index contributed by atoms with van der Waals surface area (Å²) in [5.41, 5.74) is 8.93. The van der Waals surface area contributed by atoms with Crippen molar-refractivity contribution in [1.29, 1.82) is 0 Å². The van der Waals surface area contributed by atoms with Crippen molar-refractivity contribution >= 4 is 28.1 Å². The van der Waals surface area contributed by atoms with E-state index in [4.69, 9.17) is 5.73 Å². The molecule has 2 rings (SSSR count). The van der Waals surface area contributed by atoms with Gasteiger partial charge in [0.25, 0.3) is 0 Å². The number of hydrogen-bond donors (Lipinski definition) is 2. The van der Waals surface area contributed by atoms with Crippen LogP contribution < -0.4 is 16.0 Å². The van der Waals surface area contributed by atoms with E-state index in [1.54, 1.807) is 11.3 Å². The van der Waals surface area contributed by atoms with Crippen molar-refractivity contribution in [3.8, 4) is 0 Å². The molecule has 0 fully saturated rings. The molecule has 3 N–H and O–H groups in total. The maximum absolute atomic E-state index is 5.86. The van der Waals surface area contributed by atoms with Gasteiger partial charge in [0.15, 0.2) is 11.1 Å². The molecule has 0 unspecified atom stereocenters. The van der Waals surface area contributed by atoms with E-state index < -0.39 is 0 Å². The average Bonchev–Trinajstić information content (AvgIpc) is 2.88. The quantitative estimate of drug-likeness (QED) is 0.670. The van der Waals surface area contributed by atoms with Gasteiger partial charge in [0, 0.05) is 25.2 Å². The van der Waals surface area contributed by atoms with Crippen LogP contribution in [0.1, 0.15) is 11.3 Å². The van der Waals surface area contributed by atoms with Gasteiger partial charge in [-0.15, -0.1) is 11.3 Å². The zero-order valence-corrected chi connectivity index (χ0v) is 12.7. The predicted molar refractivity (Wildman–Crippen MR) is 86.6 cm³/mol. The summed E-state index contributed by atoms with van der Waals surface area (Å²) in [6, 6.07) is 8.01. The van der Waals surface area contributed by atoms with Crippen LogP contribution in [-0.2, 0) is 6.54 Å². The lowest BCUT2D eigenvalue weighted by molar-refractivity contribution is 0.986. The molecule has 0 saturated carbocycles. The van der Waals surface area contributed by atoms with Crippen molar-refractivity contribution in [2.75, 3.05) is 24.3 Å². The van der Waals surface area contributed by atoms with Crippen LogP contribution in [0.4, 0.5) is 10.8 Å². The number of nitrogens with two attached hydrogens (primary N) is 1. The van der Waals surface area contributed by atoms with Crippen LogP contribution in [0.2, 0.25) is 0 Å². The Balaban J connectivity index is 1.94. The first-order chi connectivity index (χ1) is 9.54. The summed E-state index contributed by atoms with van der Waals surface area (Å²) in [4.78, 5) is 10.7. The minimum absolute atomic E-state index is 0.397. The lowest BCUT2D eigenvalue weighted by atomic mass is 10.2. The second kappa shape index (κ2) is 6.38. The largest absolute Gasteiger partial charge is 0.370 e. The first-order valence-corrected chi connectivity index (χ1v) is 7.18. The maximum atomic E-state index is 5.86. The smallest absolute Gasteiger partial charge is 0.193 e. The van der Waals surface area contributed by atoms with Crippen LogP contribution in [-0.4, -0.2) is 25.0 Å². The first-order valence-electron chi connectivity index (χ1n) is 6.30. The van der Waals surface area contributed by atoms with E-state index in [0.717, 1.165) is 16.5 Å². The summed E-state index contributed by atoms with van der Waals surface area (Å²) < 4.78 is 0. The fourth-order valence-electron chi connectivity index (χ4n) is 1.56. The molecule has 0 amide bonds. The van der Waals surface area contributed by atoms with Gasteiger partial charge in [0.1, 0.15) is 0 Å². The highest BCUT2D eigenvalue weighted by atomic mass is 32.1. The lowest BCUT2D eigenvalue weighted by Gasteiger charge is -2.06. The van der Waals surface area contributed by atoms with Gasteiger partial charge in [-0.05, 0) is 19.1 Å². The highest BCUT2D eigenvalue weighted by molar-refractivity contribution is 7.13. The molecule has 0 bridgehead atoms. The third-order valence-corrected chi connectivity index (χ3v) is 3.71. The Kier molecular flexibility index (Phi) is 4.57. The zero-order chi connectivity index (χ0) is 14.5. The number of nitrogens with one attached hydrogen (secondary N) is 1. The number of anilines is 2. The van der Waals surface area contributed by atoms with Gasteiger partial charge in [-0.2, -0.15) is 0 Å². The number of aromatic nitrogens is 1. The van der Waals surface area contributed by atoms with Gasteiger partial charge in [-0.25, -0.2) is 9.98 Å². The van der Waals surface area contributed by atoms with Crippen molar-refractivity contribution in [2.24, 2.45) is 10.7 Å². The van der Waals surface area contributed by atoms with Gasteiger partial charge < -0.3 is 16.0 Å². The molecule has 0 spiro atoms. The van der Waals surface area contributed by atoms with Crippen LogP contribution in [0.15, 0.2) is 34.6 Å². The van der Waals surface area contributed by atoms with Gasteiger partial charge in [0.2, 0.25) is 0 Å². The minimum Gasteiger partial charge on any atom is -0.370 e. The Bertz CT molecular complexity index is 586. The van der Waals surface area contributed by atoms with E-state index in [-0.39, 0.29) is 0 Å². The van der Waals surface area contributed by atoms with E-state index in [9.17, 15) is 0 Å². The summed E-state index contributed by atoms with van der Waals surface area (Å²) >= 11 is 1.60. The maximum Gasteiger partial charge on any atom is 0.193 e. The molecule has 0 aliphatic heterocycles. The number of guanidine groups is 1. The molecule has 0 aliphatic rings. The molecule has 2 aromatic rings. The number of benzene rings is 1. The third kappa shape index (κ3) is 3.96. The molecule has 0 radical (unpaired) electrons. The normalized spacial score (nSPS) is 11.4. The van der Waals surface area contributed by atoms with Gasteiger partial charge >= 0.3 is 0 Å². The number of hydrogen-bond acceptors (Lipinski definition) is 4. The average molecular weight is 289 g/mol. The molecular formula is C14H19N5S. The van der Waals surface area contributed by atoms with Crippen LogP contribution >= 0.6 is 11.3 Å². The number of rotatable bonds is 4. The summed E-state index contributed by atoms with van der Waals surface area (Å²) in [6.45, 7) is 2.53. The molecule has 1 aromatic heterocycles. The summed E-state index contributed by atoms with van der Waals surface area (Å²) in [7, 11) is 3.94. The molecule has 5 nitrogen and oxygen atoms in total. The van der Waals surface area contributed by atoms with Crippen molar-refractivity contribution in [2.45, 2.75) is 13.5 Å². The van der Waals surface area contributed by atoms with Crippen molar-refractivity contribution in [1.82, 2.24) is 4.98 Å². The predicted octanol–water partition coefficient (Wildman–Crippen LogP) is 2.44. The van der Waals surface area contributed by atoms with E-state index >= 15 is 0 Å². The Morgan fingerprint density at radius 2 is 2.05 bits per heavy atom. The molecule has 1 heterocycles. The topological polar surface area (TPSA) is 66.5 Å². The fourth-order valence-corrected chi connectivity index (χ4v) is 2.31. The van der Waals surface area contributed by atoms with Crippen LogP contribution in [0.3, 0.4) is 0 Å². The molecule has 0 saturated heterocycles. The van der Waals surface area contributed by atoms with E-state index in [1.165, 1.54) is 5.56 Å². The SMILES string of the molecule is Cc1ccc(NC(N)=NCc2csc(N(C)C)n2)cc1. The number of aryl methyl sites for hydroxylation is 1. The minimum atomic E-state index is 0.397. The Morgan fingerprint density at radius 3 is 2.65 bits per heavy atom. The molecule has 0 atom stereocenters. The van der Waals surface area contributed by atoms with Gasteiger partial charge in [0.05, 0.1) is 12.2 Å². The summed E-state index contributed by atoms with van der Waals surface area (Å²) in [5, 5.41) is 6.03. The van der Waals surface area contributed by atoms with Gasteiger partial charge in [-0.3, -0.25) is 0 Å². The second-order valence-corrected chi connectivity index (χ2v) is 5.54. The fraction of sp³-hybridized carbons (Fsp3) is 0.286. The van der Waals surface area contributed by atoms with Crippen molar-refractivity contribution in [3.05, 3.63) is 40.9 Å². The van der Waals surface area contributed by atoms with Crippen LogP contribution in [0.5, 0.6) is 0 Å². The number of aliphatic imine (C=N–C) groups is 1. The molecular weight excluding hydrogens is 270 g/mol. The van der Waals surface area contributed by atoms with Crippen LogP contribution in [0.25, 0.3) is 0 Å². The summed E-state index contributed by atoms with van der Waals surface area (Å²) in [5.74, 6) is 0.397. The van der Waals surface area contributed by atoms with Gasteiger partial charge in [-0.1, -0.05) is 17.7 Å². The summed E-state index contributed by atoms with van der Waals surface area (Å²) in [6.07, 6.45) is 0. The molecule has 20 heavy (non-hydrogen) atoms. The molecule has 106 valence electrons. The molecule has 6 heteroatoms. The number of nitrogens with zero attached hydrogens (tertiary/aromatic N) is 3.